The molecule has 3 fully saturated rings. The molecule has 0 aromatic carbocycles. The van der Waals surface area contributed by atoms with Crippen LogP contribution in [-0.2, 0) is 14.4 Å². The van der Waals surface area contributed by atoms with Gasteiger partial charge in [-0.1, -0.05) is 0 Å². The number of likely N-dealkylation sites (tertiary alicyclic amines) is 1. The van der Waals surface area contributed by atoms with E-state index in [0.29, 0.717) is 19.8 Å². The van der Waals surface area contributed by atoms with E-state index in [-0.39, 0.29) is 44.2 Å². The average molecular weight is 411 g/mol. The maximum Gasteiger partial charge on any atom is 0.318 e. The molecule has 3 rings (SSSR count). The highest BCUT2D eigenvalue weighted by Gasteiger charge is 2.49. The predicted octanol–water partition coefficient (Wildman–Crippen LogP) is 0.411. The molecule has 3 aliphatic rings. The van der Waals surface area contributed by atoms with Crippen molar-refractivity contribution in [3.05, 3.63) is 0 Å². The summed E-state index contributed by atoms with van der Waals surface area (Å²) in [6, 6.07) is -0.253. The average Bonchev–Trinajstić information content (AvgIpc) is 3.34. The van der Waals surface area contributed by atoms with Gasteiger partial charge in [-0.3, -0.25) is 19.7 Å². The molecule has 0 radical (unpaired) electrons. The zero-order valence-corrected chi connectivity index (χ0v) is 16.0. The van der Waals surface area contributed by atoms with Crippen molar-refractivity contribution in [2.24, 2.45) is 5.41 Å². The molecule has 0 aromatic heterocycles. The lowest BCUT2D eigenvalue weighted by Gasteiger charge is -2.37. The van der Waals surface area contributed by atoms with Crippen molar-refractivity contribution < 1.29 is 28.0 Å². The Hall–Kier alpha value is -2.77. The van der Waals surface area contributed by atoms with Crippen LogP contribution in [0.25, 0.3) is 0 Å². The van der Waals surface area contributed by atoms with Crippen LogP contribution in [0, 0.1) is 16.7 Å². The molecule has 1 atom stereocenters. The summed E-state index contributed by atoms with van der Waals surface area (Å²) in [7, 11) is 0. The molecule has 3 N–H and O–H groups in total. The fourth-order valence-electron chi connectivity index (χ4n) is 3.75. The Morgan fingerprint density at radius 2 is 1.90 bits per heavy atom. The van der Waals surface area contributed by atoms with Gasteiger partial charge in [0.2, 0.25) is 23.6 Å². The number of halogens is 2. The molecule has 0 unspecified atom stereocenters. The van der Waals surface area contributed by atoms with Gasteiger partial charge >= 0.3 is 6.03 Å². The second-order valence-electron chi connectivity index (χ2n) is 8.28. The van der Waals surface area contributed by atoms with Gasteiger partial charge in [0, 0.05) is 25.9 Å². The third kappa shape index (κ3) is 4.63. The van der Waals surface area contributed by atoms with Crippen LogP contribution in [-0.4, -0.2) is 59.2 Å². The molecule has 1 aliphatic carbocycles. The van der Waals surface area contributed by atoms with Crippen molar-refractivity contribution in [1.29, 1.82) is 5.26 Å². The highest BCUT2D eigenvalue weighted by atomic mass is 19.3. The summed E-state index contributed by atoms with van der Waals surface area (Å²) in [5.41, 5.74) is -1.87. The number of hydrogen-bond acceptors (Lipinski definition) is 5. The number of nitrogens with zero attached hydrogens (tertiary/aromatic N) is 2. The largest absolute Gasteiger partial charge is 0.336 e. The molecular weight excluding hydrogens is 388 g/mol. The van der Waals surface area contributed by atoms with E-state index in [1.165, 1.54) is 4.90 Å². The van der Waals surface area contributed by atoms with Crippen molar-refractivity contribution in [3.63, 3.8) is 0 Å². The number of nitriles is 1. The molecule has 2 aliphatic heterocycles. The third-order valence-electron chi connectivity index (χ3n) is 5.74. The molecule has 29 heavy (non-hydrogen) atoms. The van der Waals surface area contributed by atoms with Crippen LogP contribution in [0.4, 0.5) is 13.6 Å². The topological polar surface area (TPSA) is 131 Å². The predicted molar refractivity (Wildman–Crippen MR) is 94.3 cm³/mol. The molecule has 1 saturated carbocycles. The van der Waals surface area contributed by atoms with Gasteiger partial charge in [-0.15, -0.1) is 0 Å². The zero-order valence-electron chi connectivity index (χ0n) is 16.0. The Morgan fingerprint density at radius 3 is 2.34 bits per heavy atom. The van der Waals surface area contributed by atoms with Crippen molar-refractivity contribution in [2.45, 2.75) is 63.0 Å². The zero-order chi connectivity index (χ0) is 21.4. The molecule has 1 spiro atoms. The fraction of sp³-hybridized carbons (Fsp3) is 0.722. The number of hydrogen-bond donors (Lipinski definition) is 3. The van der Waals surface area contributed by atoms with Gasteiger partial charge in [0.15, 0.2) is 0 Å². The van der Waals surface area contributed by atoms with E-state index in [1.807, 2.05) is 6.07 Å². The van der Waals surface area contributed by atoms with E-state index in [1.54, 1.807) is 0 Å². The minimum Gasteiger partial charge on any atom is -0.336 e. The van der Waals surface area contributed by atoms with Gasteiger partial charge in [0.25, 0.3) is 0 Å². The van der Waals surface area contributed by atoms with E-state index in [0.717, 1.165) is 0 Å². The highest BCUT2D eigenvalue weighted by Crippen LogP contribution is 2.38. The molecule has 0 bridgehead atoms. The summed E-state index contributed by atoms with van der Waals surface area (Å²) >= 11 is 0. The summed E-state index contributed by atoms with van der Waals surface area (Å²) in [5, 5.41) is 16.1. The first-order valence-electron chi connectivity index (χ1n) is 9.48. The monoisotopic (exact) mass is 411 g/mol. The number of amides is 5. The number of urea groups is 1. The van der Waals surface area contributed by atoms with Gasteiger partial charge in [0.05, 0.1) is 11.5 Å². The van der Waals surface area contributed by atoms with Crippen LogP contribution in [0.2, 0.25) is 0 Å². The van der Waals surface area contributed by atoms with Crippen LogP contribution in [0.5, 0.6) is 0 Å². The van der Waals surface area contributed by atoms with Crippen molar-refractivity contribution in [3.8, 4) is 6.07 Å². The summed E-state index contributed by atoms with van der Waals surface area (Å²) in [6.45, 7) is 0.966. The van der Waals surface area contributed by atoms with E-state index >= 15 is 0 Å². The Kier molecular flexibility index (Phi) is 5.23. The maximum absolute atomic E-state index is 13.5. The Labute approximate surface area is 166 Å². The number of carbonyl (C=O) groups excluding carboxylic acids is 4. The first kappa shape index (κ1) is 21.0. The first-order chi connectivity index (χ1) is 13.5. The van der Waals surface area contributed by atoms with Crippen LogP contribution in [0.3, 0.4) is 0 Å². The smallest absolute Gasteiger partial charge is 0.318 e. The second kappa shape index (κ2) is 7.24. The van der Waals surface area contributed by atoms with Crippen LogP contribution in [0.15, 0.2) is 0 Å². The molecule has 2 heterocycles. The highest BCUT2D eigenvalue weighted by molar-refractivity contribution is 6.06. The normalized spacial score (nSPS) is 23.2. The summed E-state index contributed by atoms with van der Waals surface area (Å²) < 4.78 is 27.1. The Morgan fingerprint density at radius 1 is 1.28 bits per heavy atom. The number of alkyl halides is 2. The minimum atomic E-state index is -3.20. The number of rotatable bonds is 5. The number of imide groups is 1. The first-order valence-corrected chi connectivity index (χ1v) is 9.48. The van der Waals surface area contributed by atoms with Crippen LogP contribution < -0.4 is 16.0 Å². The van der Waals surface area contributed by atoms with Crippen LogP contribution >= 0.6 is 0 Å². The molecule has 11 heteroatoms. The minimum absolute atomic E-state index is 0.0740. The van der Waals surface area contributed by atoms with E-state index < -0.39 is 41.3 Å². The SMILES string of the molecule is CC(F)(F)C[C@H](NC(=O)N1CCC2(CC1)CC(=O)NC2=O)C(=O)NC1(C#N)CC1. The number of piperidine rings is 1. The van der Waals surface area contributed by atoms with Gasteiger partial charge < -0.3 is 15.5 Å². The number of nitrogens with one attached hydrogen (secondary N) is 3. The molecule has 9 nitrogen and oxygen atoms in total. The molecule has 0 aromatic rings. The van der Waals surface area contributed by atoms with Gasteiger partial charge in [0.1, 0.15) is 11.6 Å². The third-order valence-corrected chi connectivity index (χ3v) is 5.74. The quantitative estimate of drug-likeness (QED) is 0.564. The lowest BCUT2D eigenvalue weighted by molar-refractivity contribution is -0.130. The summed E-state index contributed by atoms with van der Waals surface area (Å²) in [5.74, 6) is -4.72. The maximum atomic E-state index is 13.5. The molecule has 158 valence electrons. The Bertz CT molecular complexity index is 776. The van der Waals surface area contributed by atoms with Crippen molar-refractivity contribution in [2.75, 3.05) is 13.1 Å². The van der Waals surface area contributed by atoms with Crippen LogP contribution in [0.1, 0.15) is 45.4 Å². The van der Waals surface area contributed by atoms with Gasteiger partial charge in [-0.25, -0.2) is 13.6 Å². The van der Waals surface area contributed by atoms with Gasteiger partial charge in [-0.05, 0) is 32.6 Å². The molecule has 5 amide bonds. The summed E-state index contributed by atoms with van der Waals surface area (Å²) in [4.78, 5) is 49.8. The van der Waals surface area contributed by atoms with E-state index in [9.17, 15) is 28.0 Å². The number of carbonyl (C=O) groups is 4. The van der Waals surface area contributed by atoms with E-state index in [2.05, 4.69) is 16.0 Å². The fourth-order valence-corrected chi connectivity index (χ4v) is 3.75. The van der Waals surface area contributed by atoms with E-state index in [4.69, 9.17) is 5.26 Å². The Balaban J connectivity index is 1.61. The molecular formula is C18H23F2N5O4. The van der Waals surface area contributed by atoms with Crippen molar-refractivity contribution in [1.82, 2.24) is 20.9 Å². The summed E-state index contributed by atoms with van der Waals surface area (Å²) in [6.07, 6.45) is 0.596. The lowest BCUT2D eigenvalue weighted by Crippen LogP contribution is -2.56. The second-order valence-corrected chi connectivity index (χ2v) is 8.28. The van der Waals surface area contributed by atoms with Gasteiger partial charge in [-0.2, -0.15) is 5.26 Å². The lowest BCUT2D eigenvalue weighted by atomic mass is 9.77. The standard InChI is InChI=1S/C18H23F2N5O4/c1-16(19,20)8-11(13(27)24-18(10-21)2-3-18)22-15(29)25-6-4-17(5-7-25)9-12(26)23-14(17)28/h11H,2-9H2,1H3,(H,22,29)(H,24,27)(H,23,26,28)/t11-/m0/s1. The van der Waals surface area contributed by atoms with Crippen molar-refractivity contribution >= 4 is 23.8 Å². The molecule has 2 saturated heterocycles.